The third-order valence-corrected chi connectivity index (χ3v) is 3.86. The van der Waals surface area contributed by atoms with Crippen LogP contribution in [0, 0.1) is 0 Å². The summed E-state index contributed by atoms with van der Waals surface area (Å²) in [5.41, 5.74) is 0.484. The van der Waals surface area contributed by atoms with E-state index in [0.29, 0.717) is 43.2 Å². The molecule has 1 aromatic rings. The molecule has 6 heteroatoms. The van der Waals surface area contributed by atoms with Crippen molar-refractivity contribution in [2.45, 2.75) is 13.3 Å². The minimum Gasteiger partial charge on any atom is -0.493 e. The molecule has 0 spiro atoms. The Labute approximate surface area is 130 Å². The molecule has 0 aliphatic carbocycles. The highest BCUT2D eigenvalue weighted by molar-refractivity contribution is 5.98. The predicted molar refractivity (Wildman–Crippen MR) is 82.3 cm³/mol. The van der Waals surface area contributed by atoms with Crippen LogP contribution >= 0.6 is 0 Å². The van der Waals surface area contributed by atoms with Crippen LogP contribution in [0.15, 0.2) is 18.2 Å². The standard InChI is InChI=1S/C16H22N2O4/c1-12(19)17-8-5-9-18(11-10-17)16(20)13-6-4-7-14(21-2)15(13)22-3/h4,6-7H,5,8-11H2,1-3H3. The molecule has 1 fully saturated rings. The molecule has 0 N–H and O–H groups in total. The molecule has 6 nitrogen and oxygen atoms in total. The number of hydrogen-bond donors (Lipinski definition) is 0. The molecule has 0 atom stereocenters. The lowest BCUT2D eigenvalue weighted by Gasteiger charge is -2.22. The van der Waals surface area contributed by atoms with Gasteiger partial charge in [-0.05, 0) is 18.6 Å². The third kappa shape index (κ3) is 3.32. The molecular formula is C16H22N2O4. The summed E-state index contributed by atoms with van der Waals surface area (Å²) in [6.07, 6.45) is 0.775. The molecule has 0 aromatic heterocycles. The number of benzene rings is 1. The molecule has 1 saturated heterocycles. The molecule has 120 valence electrons. The minimum absolute atomic E-state index is 0.0493. The quantitative estimate of drug-likeness (QED) is 0.847. The summed E-state index contributed by atoms with van der Waals surface area (Å²) in [6, 6.07) is 5.27. The molecular weight excluding hydrogens is 284 g/mol. The van der Waals surface area contributed by atoms with E-state index >= 15 is 0 Å². The molecule has 1 aromatic carbocycles. The fourth-order valence-electron chi connectivity index (χ4n) is 2.66. The van der Waals surface area contributed by atoms with Crippen LogP contribution in [0.3, 0.4) is 0 Å². The minimum atomic E-state index is -0.0962. The maximum absolute atomic E-state index is 12.8. The fourth-order valence-corrected chi connectivity index (χ4v) is 2.66. The first-order chi connectivity index (χ1) is 10.6. The van der Waals surface area contributed by atoms with Gasteiger partial charge in [-0.1, -0.05) is 6.07 Å². The second kappa shape index (κ2) is 7.15. The third-order valence-electron chi connectivity index (χ3n) is 3.86. The number of ether oxygens (including phenoxy) is 2. The van der Waals surface area contributed by atoms with Crippen molar-refractivity contribution in [2.75, 3.05) is 40.4 Å². The van der Waals surface area contributed by atoms with Crippen LogP contribution in [0.4, 0.5) is 0 Å². The first-order valence-electron chi connectivity index (χ1n) is 7.34. The van der Waals surface area contributed by atoms with E-state index in [1.807, 2.05) is 0 Å². The van der Waals surface area contributed by atoms with Crippen molar-refractivity contribution in [3.63, 3.8) is 0 Å². The number of rotatable bonds is 3. The monoisotopic (exact) mass is 306 g/mol. The van der Waals surface area contributed by atoms with Crippen molar-refractivity contribution in [1.29, 1.82) is 0 Å². The lowest BCUT2D eigenvalue weighted by Crippen LogP contribution is -2.36. The first-order valence-corrected chi connectivity index (χ1v) is 7.34. The van der Waals surface area contributed by atoms with Crippen molar-refractivity contribution in [3.8, 4) is 11.5 Å². The van der Waals surface area contributed by atoms with Crippen molar-refractivity contribution in [2.24, 2.45) is 0 Å². The van der Waals surface area contributed by atoms with Gasteiger partial charge in [0.05, 0.1) is 19.8 Å². The number of carbonyl (C=O) groups excluding carboxylic acids is 2. The SMILES string of the molecule is COc1cccc(C(=O)N2CCCN(C(C)=O)CC2)c1OC. The Morgan fingerprint density at radius 1 is 1.00 bits per heavy atom. The second-order valence-electron chi connectivity index (χ2n) is 5.19. The number of nitrogens with zero attached hydrogens (tertiary/aromatic N) is 2. The molecule has 1 aliphatic heterocycles. The van der Waals surface area contributed by atoms with Crippen LogP contribution in [-0.2, 0) is 4.79 Å². The molecule has 1 heterocycles. The van der Waals surface area contributed by atoms with Crippen molar-refractivity contribution >= 4 is 11.8 Å². The summed E-state index contributed by atoms with van der Waals surface area (Å²) >= 11 is 0. The zero-order valence-electron chi connectivity index (χ0n) is 13.3. The summed E-state index contributed by atoms with van der Waals surface area (Å²) in [5, 5.41) is 0. The summed E-state index contributed by atoms with van der Waals surface area (Å²) in [5.74, 6) is 0.936. The van der Waals surface area contributed by atoms with Gasteiger partial charge >= 0.3 is 0 Å². The fraction of sp³-hybridized carbons (Fsp3) is 0.500. The molecule has 0 unspecified atom stereocenters. The van der Waals surface area contributed by atoms with Gasteiger partial charge in [-0.2, -0.15) is 0 Å². The van der Waals surface area contributed by atoms with Gasteiger partial charge in [0, 0.05) is 33.1 Å². The first kappa shape index (κ1) is 16.1. The van der Waals surface area contributed by atoms with Gasteiger partial charge < -0.3 is 19.3 Å². The number of hydrogen-bond acceptors (Lipinski definition) is 4. The maximum atomic E-state index is 12.8. The highest BCUT2D eigenvalue weighted by atomic mass is 16.5. The Morgan fingerprint density at radius 3 is 2.32 bits per heavy atom. The van der Waals surface area contributed by atoms with Crippen molar-refractivity contribution in [3.05, 3.63) is 23.8 Å². The largest absolute Gasteiger partial charge is 0.493 e. The number of para-hydroxylation sites is 1. The summed E-state index contributed by atoms with van der Waals surface area (Å²) in [4.78, 5) is 27.8. The number of carbonyl (C=O) groups is 2. The lowest BCUT2D eigenvalue weighted by molar-refractivity contribution is -0.128. The van der Waals surface area contributed by atoms with Crippen LogP contribution in [-0.4, -0.2) is 62.0 Å². The van der Waals surface area contributed by atoms with E-state index in [0.717, 1.165) is 6.42 Å². The van der Waals surface area contributed by atoms with Crippen LogP contribution < -0.4 is 9.47 Å². The summed E-state index contributed by atoms with van der Waals surface area (Å²) in [7, 11) is 3.07. The van der Waals surface area contributed by atoms with E-state index in [2.05, 4.69) is 0 Å². The van der Waals surface area contributed by atoms with Crippen LogP contribution in [0.2, 0.25) is 0 Å². The Bertz CT molecular complexity index is 559. The molecule has 2 amide bonds. The number of methoxy groups -OCH3 is 2. The van der Waals surface area contributed by atoms with E-state index in [4.69, 9.17) is 9.47 Å². The Hall–Kier alpha value is -2.24. The van der Waals surface area contributed by atoms with Crippen LogP contribution in [0.5, 0.6) is 11.5 Å². The summed E-state index contributed by atoms with van der Waals surface area (Å²) in [6.45, 7) is 3.96. The van der Waals surface area contributed by atoms with Crippen LogP contribution in [0.1, 0.15) is 23.7 Å². The topological polar surface area (TPSA) is 59.1 Å². The van der Waals surface area contributed by atoms with Crippen molar-refractivity contribution in [1.82, 2.24) is 9.80 Å². The van der Waals surface area contributed by atoms with E-state index in [1.165, 1.54) is 7.11 Å². The van der Waals surface area contributed by atoms with Crippen molar-refractivity contribution < 1.29 is 19.1 Å². The van der Waals surface area contributed by atoms with Gasteiger partial charge in [-0.25, -0.2) is 0 Å². The predicted octanol–water partition coefficient (Wildman–Crippen LogP) is 1.40. The highest BCUT2D eigenvalue weighted by Crippen LogP contribution is 2.31. The zero-order chi connectivity index (χ0) is 16.1. The van der Waals surface area contributed by atoms with E-state index in [-0.39, 0.29) is 11.8 Å². The molecule has 0 bridgehead atoms. The Balaban J connectivity index is 2.20. The average Bonchev–Trinajstić information content (AvgIpc) is 2.79. The van der Waals surface area contributed by atoms with E-state index in [9.17, 15) is 9.59 Å². The Morgan fingerprint density at radius 2 is 1.68 bits per heavy atom. The second-order valence-corrected chi connectivity index (χ2v) is 5.19. The normalized spacial score (nSPS) is 15.2. The highest BCUT2D eigenvalue weighted by Gasteiger charge is 2.24. The van der Waals surface area contributed by atoms with Gasteiger partial charge in [0.25, 0.3) is 5.91 Å². The maximum Gasteiger partial charge on any atom is 0.257 e. The Kier molecular flexibility index (Phi) is 5.25. The van der Waals surface area contributed by atoms with Gasteiger partial charge in [0.1, 0.15) is 0 Å². The van der Waals surface area contributed by atoms with Gasteiger partial charge in [0.15, 0.2) is 11.5 Å². The van der Waals surface area contributed by atoms with Gasteiger partial charge in [0.2, 0.25) is 5.91 Å². The van der Waals surface area contributed by atoms with Gasteiger partial charge in [-0.3, -0.25) is 9.59 Å². The molecule has 0 radical (unpaired) electrons. The van der Waals surface area contributed by atoms with Crippen LogP contribution in [0.25, 0.3) is 0 Å². The molecule has 22 heavy (non-hydrogen) atoms. The number of amides is 2. The van der Waals surface area contributed by atoms with E-state index in [1.54, 1.807) is 42.0 Å². The zero-order valence-corrected chi connectivity index (χ0v) is 13.3. The smallest absolute Gasteiger partial charge is 0.257 e. The lowest BCUT2D eigenvalue weighted by atomic mass is 10.1. The summed E-state index contributed by atoms with van der Waals surface area (Å²) < 4.78 is 10.6. The molecule has 1 aliphatic rings. The average molecular weight is 306 g/mol. The molecule has 2 rings (SSSR count). The molecule has 0 saturated carbocycles. The van der Waals surface area contributed by atoms with Gasteiger partial charge in [-0.15, -0.1) is 0 Å². The van der Waals surface area contributed by atoms with E-state index < -0.39 is 0 Å².